The molecule has 0 saturated carbocycles. The highest BCUT2D eigenvalue weighted by Gasteiger charge is 2.35. The quantitative estimate of drug-likeness (QED) is 0.821. The van der Waals surface area contributed by atoms with E-state index in [9.17, 15) is 27.2 Å². The number of nitrogens with one attached hydrogen (secondary N) is 1. The standard InChI is InChI=1S/C17H21F4N3O2/c1-2-22-15(25)11-23-6-3-7-24(9-8-23)16(26)12-4-5-14(18)13(10-12)17(19,20)21/h4-5,10H,2-3,6-9,11H2,1H3,(H,22,25). The molecule has 5 nitrogen and oxygen atoms in total. The number of rotatable bonds is 4. The molecule has 0 unspecified atom stereocenters. The van der Waals surface area contributed by atoms with Crippen LogP contribution in [-0.2, 0) is 11.0 Å². The van der Waals surface area contributed by atoms with Crippen LogP contribution < -0.4 is 5.32 Å². The fraction of sp³-hybridized carbons (Fsp3) is 0.529. The van der Waals surface area contributed by atoms with Crippen molar-refractivity contribution >= 4 is 11.8 Å². The van der Waals surface area contributed by atoms with E-state index in [2.05, 4.69) is 5.32 Å². The molecule has 9 heteroatoms. The van der Waals surface area contributed by atoms with E-state index in [4.69, 9.17) is 0 Å². The molecule has 2 rings (SSSR count). The molecule has 0 radical (unpaired) electrons. The summed E-state index contributed by atoms with van der Waals surface area (Å²) in [6, 6.07) is 2.27. The van der Waals surface area contributed by atoms with E-state index in [0.717, 1.165) is 6.07 Å². The second-order valence-electron chi connectivity index (χ2n) is 6.07. The topological polar surface area (TPSA) is 52.7 Å². The maximum atomic E-state index is 13.4. The zero-order chi connectivity index (χ0) is 19.3. The summed E-state index contributed by atoms with van der Waals surface area (Å²) in [5, 5.41) is 2.70. The lowest BCUT2D eigenvalue weighted by Gasteiger charge is -2.22. The predicted molar refractivity (Wildman–Crippen MR) is 87.0 cm³/mol. The van der Waals surface area contributed by atoms with E-state index >= 15 is 0 Å². The number of benzene rings is 1. The summed E-state index contributed by atoms with van der Waals surface area (Å²) in [5.41, 5.74) is -1.65. The van der Waals surface area contributed by atoms with Crippen LogP contribution in [0.15, 0.2) is 18.2 Å². The Hall–Kier alpha value is -2.16. The molecule has 1 N–H and O–H groups in total. The first-order valence-corrected chi connectivity index (χ1v) is 8.37. The van der Waals surface area contributed by atoms with E-state index in [-0.39, 0.29) is 24.6 Å². The van der Waals surface area contributed by atoms with Crippen LogP contribution in [0.5, 0.6) is 0 Å². The minimum Gasteiger partial charge on any atom is -0.355 e. The smallest absolute Gasteiger partial charge is 0.355 e. The second kappa shape index (κ2) is 8.48. The molecule has 0 aliphatic carbocycles. The molecule has 2 amide bonds. The van der Waals surface area contributed by atoms with Gasteiger partial charge in [-0.15, -0.1) is 0 Å². The van der Waals surface area contributed by atoms with Crippen molar-refractivity contribution in [3.8, 4) is 0 Å². The molecule has 144 valence electrons. The highest BCUT2D eigenvalue weighted by atomic mass is 19.4. The monoisotopic (exact) mass is 375 g/mol. The molecule has 1 fully saturated rings. The maximum Gasteiger partial charge on any atom is 0.419 e. The van der Waals surface area contributed by atoms with Gasteiger partial charge >= 0.3 is 6.18 Å². The number of amides is 2. The lowest BCUT2D eigenvalue weighted by Crippen LogP contribution is -2.40. The second-order valence-corrected chi connectivity index (χ2v) is 6.07. The van der Waals surface area contributed by atoms with Crippen LogP contribution in [0.4, 0.5) is 17.6 Å². The number of carbonyl (C=O) groups is 2. The van der Waals surface area contributed by atoms with Crippen LogP contribution >= 0.6 is 0 Å². The van der Waals surface area contributed by atoms with Crippen molar-refractivity contribution in [1.82, 2.24) is 15.1 Å². The van der Waals surface area contributed by atoms with Gasteiger partial charge in [0.05, 0.1) is 12.1 Å². The van der Waals surface area contributed by atoms with Crippen molar-refractivity contribution < 1.29 is 27.2 Å². The Kier molecular flexibility index (Phi) is 6.57. The van der Waals surface area contributed by atoms with Crippen molar-refractivity contribution in [1.29, 1.82) is 0 Å². The van der Waals surface area contributed by atoms with Gasteiger partial charge in [0.25, 0.3) is 5.91 Å². The maximum absolute atomic E-state index is 13.4. The molecule has 1 heterocycles. The normalized spacial score (nSPS) is 16.3. The zero-order valence-corrected chi connectivity index (χ0v) is 14.4. The average Bonchev–Trinajstić information content (AvgIpc) is 2.79. The van der Waals surface area contributed by atoms with Crippen LogP contribution in [0, 0.1) is 5.82 Å². The van der Waals surface area contributed by atoms with Crippen LogP contribution in [0.2, 0.25) is 0 Å². The Labute approximate surface area is 148 Å². The highest BCUT2D eigenvalue weighted by Crippen LogP contribution is 2.32. The summed E-state index contributed by atoms with van der Waals surface area (Å²) < 4.78 is 51.9. The Morgan fingerprint density at radius 2 is 1.88 bits per heavy atom. The van der Waals surface area contributed by atoms with Crippen LogP contribution in [0.1, 0.15) is 29.3 Å². The molecule has 0 bridgehead atoms. The molecule has 1 aliphatic rings. The van der Waals surface area contributed by atoms with E-state index in [0.29, 0.717) is 44.7 Å². The molecule has 0 aromatic heterocycles. The summed E-state index contributed by atoms with van der Waals surface area (Å²) in [4.78, 5) is 27.5. The number of likely N-dealkylation sites (N-methyl/N-ethyl adjacent to an activating group) is 1. The number of alkyl halides is 3. The third-order valence-corrected chi connectivity index (χ3v) is 4.14. The minimum atomic E-state index is -4.86. The van der Waals surface area contributed by atoms with E-state index in [1.54, 1.807) is 0 Å². The zero-order valence-electron chi connectivity index (χ0n) is 14.4. The Morgan fingerprint density at radius 1 is 1.15 bits per heavy atom. The first kappa shape index (κ1) is 20.2. The van der Waals surface area contributed by atoms with Gasteiger partial charge in [-0.1, -0.05) is 0 Å². The van der Waals surface area contributed by atoms with Gasteiger partial charge in [0, 0.05) is 38.3 Å². The fourth-order valence-electron chi connectivity index (χ4n) is 2.85. The lowest BCUT2D eigenvalue weighted by atomic mass is 10.1. The number of carbonyl (C=O) groups excluding carboxylic acids is 2. The van der Waals surface area contributed by atoms with E-state index in [1.807, 2.05) is 11.8 Å². The average molecular weight is 375 g/mol. The summed E-state index contributed by atoms with van der Waals surface area (Å²) in [6.07, 6.45) is -4.26. The highest BCUT2D eigenvalue weighted by molar-refractivity contribution is 5.94. The van der Waals surface area contributed by atoms with Gasteiger partial charge in [0.2, 0.25) is 5.91 Å². The Morgan fingerprint density at radius 3 is 2.54 bits per heavy atom. The number of hydrogen-bond acceptors (Lipinski definition) is 3. The van der Waals surface area contributed by atoms with Gasteiger partial charge in [-0.05, 0) is 31.5 Å². The van der Waals surface area contributed by atoms with Gasteiger partial charge in [-0.2, -0.15) is 13.2 Å². The van der Waals surface area contributed by atoms with Crippen LogP contribution in [0.25, 0.3) is 0 Å². The molecule has 26 heavy (non-hydrogen) atoms. The van der Waals surface area contributed by atoms with Crippen molar-refractivity contribution in [2.45, 2.75) is 19.5 Å². The summed E-state index contributed by atoms with van der Waals surface area (Å²) in [7, 11) is 0. The van der Waals surface area contributed by atoms with Crippen molar-refractivity contribution in [3.63, 3.8) is 0 Å². The van der Waals surface area contributed by atoms with Gasteiger partial charge in [-0.3, -0.25) is 14.5 Å². The van der Waals surface area contributed by atoms with Gasteiger partial charge in [0.1, 0.15) is 5.82 Å². The lowest BCUT2D eigenvalue weighted by molar-refractivity contribution is -0.140. The molecule has 1 aromatic rings. The van der Waals surface area contributed by atoms with Gasteiger partial charge in [0.15, 0.2) is 0 Å². The fourth-order valence-corrected chi connectivity index (χ4v) is 2.85. The Bertz CT molecular complexity index is 664. The molecule has 1 saturated heterocycles. The van der Waals surface area contributed by atoms with Crippen LogP contribution in [0.3, 0.4) is 0 Å². The van der Waals surface area contributed by atoms with Crippen molar-refractivity contribution in [2.24, 2.45) is 0 Å². The molecule has 0 spiro atoms. The summed E-state index contributed by atoms with van der Waals surface area (Å²) in [6.45, 7) is 4.27. The molecule has 1 aromatic carbocycles. The van der Waals surface area contributed by atoms with Gasteiger partial charge < -0.3 is 10.2 Å². The largest absolute Gasteiger partial charge is 0.419 e. The Balaban J connectivity index is 2.05. The minimum absolute atomic E-state index is 0.111. The first-order valence-electron chi connectivity index (χ1n) is 8.37. The van der Waals surface area contributed by atoms with E-state index < -0.39 is 23.5 Å². The first-order chi connectivity index (χ1) is 12.2. The molecule has 0 atom stereocenters. The van der Waals surface area contributed by atoms with E-state index in [1.165, 1.54) is 4.90 Å². The predicted octanol–water partition coefficient (Wildman–Crippen LogP) is 2.13. The van der Waals surface area contributed by atoms with Crippen molar-refractivity contribution in [3.05, 3.63) is 35.1 Å². The molecular formula is C17H21F4N3O2. The van der Waals surface area contributed by atoms with Crippen LogP contribution in [-0.4, -0.2) is 60.9 Å². The SMILES string of the molecule is CCNC(=O)CN1CCCN(C(=O)c2ccc(F)c(C(F)(F)F)c2)CC1. The van der Waals surface area contributed by atoms with Gasteiger partial charge in [-0.25, -0.2) is 4.39 Å². The molecule has 1 aliphatic heterocycles. The summed E-state index contributed by atoms with van der Waals surface area (Å²) >= 11 is 0. The molecular weight excluding hydrogens is 354 g/mol. The number of nitrogens with zero attached hydrogens (tertiary/aromatic N) is 2. The third-order valence-electron chi connectivity index (χ3n) is 4.14. The third kappa shape index (κ3) is 5.17. The van der Waals surface area contributed by atoms with Crippen molar-refractivity contribution in [2.75, 3.05) is 39.3 Å². The number of hydrogen-bond donors (Lipinski definition) is 1. The summed E-state index contributed by atoms with van der Waals surface area (Å²) in [5.74, 6) is -2.09. The number of halogens is 4.